The predicted molar refractivity (Wildman–Crippen MR) is 119 cm³/mol. The number of rotatable bonds is 5. The molecule has 1 amide bonds. The average molecular weight is 438 g/mol. The molecule has 2 aromatic carbocycles. The third kappa shape index (κ3) is 5.50. The summed E-state index contributed by atoms with van der Waals surface area (Å²) < 4.78 is 5.51. The van der Waals surface area contributed by atoms with Crippen molar-refractivity contribution in [1.82, 2.24) is 5.32 Å². The third-order valence-electron chi connectivity index (χ3n) is 4.40. The predicted octanol–water partition coefficient (Wildman–Crippen LogP) is 4.79. The van der Waals surface area contributed by atoms with E-state index in [-0.39, 0.29) is 17.6 Å². The fourth-order valence-electron chi connectivity index (χ4n) is 3.04. The van der Waals surface area contributed by atoms with Gasteiger partial charge in [0.1, 0.15) is 5.75 Å². The Labute approximate surface area is 180 Å². The number of thiocarbonyl (C=S) groups is 1. The summed E-state index contributed by atoms with van der Waals surface area (Å²) in [6.07, 6.45) is 2.37. The number of hydrogen-bond donors (Lipinski definition) is 2. The molecule has 0 aliphatic carbocycles. The van der Waals surface area contributed by atoms with E-state index < -0.39 is 0 Å². The molecule has 8 heteroatoms. The molecule has 2 aromatic rings. The van der Waals surface area contributed by atoms with Crippen LogP contribution < -0.4 is 20.3 Å². The molecular weight excluding hydrogens is 417 g/mol. The number of aryl methyl sites for hydroxylation is 1. The van der Waals surface area contributed by atoms with Gasteiger partial charge in [0.05, 0.1) is 10.7 Å². The number of nitrogens with one attached hydrogen (secondary N) is 2. The van der Waals surface area contributed by atoms with E-state index in [0.717, 1.165) is 24.3 Å². The van der Waals surface area contributed by atoms with Crippen LogP contribution in [0.3, 0.4) is 0 Å². The van der Waals surface area contributed by atoms with E-state index in [9.17, 15) is 4.79 Å². The van der Waals surface area contributed by atoms with Crippen LogP contribution in [0.25, 0.3) is 0 Å². The van der Waals surface area contributed by atoms with Crippen LogP contribution in [-0.4, -0.2) is 30.7 Å². The molecule has 148 valence electrons. The quantitative estimate of drug-likeness (QED) is 0.658. The second-order valence-electron chi connectivity index (χ2n) is 6.56. The number of carbonyl (C=O) groups excluding carboxylic acids is 1. The van der Waals surface area contributed by atoms with Crippen molar-refractivity contribution in [2.75, 3.05) is 29.9 Å². The molecule has 28 heavy (non-hydrogen) atoms. The monoisotopic (exact) mass is 437 g/mol. The van der Waals surface area contributed by atoms with Crippen LogP contribution in [0.5, 0.6) is 5.75 Å². The summed E-state index contributed by atoms with van der Waals surface area (Å²) in [7, 11) is 0. The van der Waals surface area contributed by atoms with Gasteiger partial charge < -0.3 is 15.0 Å². The zero-order chi connectivity index (χ0) is 20.1. The molecule has 0 spiro atoms. The van der Waals surface area contributed by atoms with Crippen molar-refractivity contribution in [2.45, 2.75) is 19.8 Å². The molecule has 0 bridgehead atoms. The lowest BCUT2D eigenvalue weighted by Crippen LogP contribution is -2.37. The minimum atomic E-state index is -0.355. The minimum absolute atomic E-state index is 0.154. The van der Waals surface area contributed by atoms with Crippen molar-refractivity contribution < 1.29 is 9.53 Å². The average Bonchev–Trinajstić information content (AvgIpc) is 3.15. The van der Waals surface area contributed by atoms with Crippen LogP contribution in [0.4, 0.5) is 11.4 Å². The highest BCUT2D eigenvalue weighted by Gasteiger charge is 2.15. The van der Waals surface area contributed by atoms with E-state index in [2.05, 4.69) is 15.5 Å². The number of ether oxygens (including phenoxy) is 1. The van der Waals surface area contributed by atoms with Gasteiger partial charge in [-0.25, -0.2) is 0 Å². The molecule has 0 unspecified atom stereocenters. The maximum absolute atomic E-state index is 12.1. The molecule has 5 nitrogen and oxygen atoms in total. The fourth-order valence-corrected chi connectivity index (χ4v) is 3.80. The van der Waals surface area contributed by atoms with Crippen LogP contribution in [-0.2, 0) is 4.79 Å². The summed E-state index contributed by atoms with van der Waals surface area (Å²) in [6.45, 7) is 3.75. The maximum Gasteiger partial charge on any atom is 0.264 e. The molecule has 0 aromatic heterocycles. The van der Waals surface area contributed by atoms with Crippen molar-refractivity contribution >= 4 is 57.8 Å². The van der Waals surface area contributed by atoms with Gasteiger partial charge in [-0.05, 0) is 73.9 Å². The molecule has 0 saturated carbocycles. The van der Waals surface area contributed by atoms with Gasteiger partial charge >= 0.3 is 0 Å². The second kappa shape index (κ2) is 9.45. The van der Waals surface area contributed by atoms with Gasteiger partial charge in [-0.15, -0.1) is 0 Å². The number of nitrogens with zero attached hydrogens (tertiary/aromatic N) is 1. The lowest BCUT2D eigenvalue weighted by atomic mass is 10.2. The maximum atomic E-state index is 12.1. The first kappa shape index (κ1) is 20.7. The van der Waals surface area contributed by atoms with Gasteiger partial charge in [0.2, 0.25) is 0 Å². The molecule has 1 heterocycles. The van der Waals surface area contributed by atoms with Crippen molar-refractivity contribution in [2.24, 2.45) is 0 Å². The Balaban J connectivity index is 1.50. The molecule has 0 atom stereocenters. The molecule has 1 fully saturated rings. The van der Waals surface area contributed by atoms with E-state index in [1.807, 2.05) is 19.1 Å². The zero-order valence-corrected chi connectivity index (χ0v) is 17.8. The zero-order valence-electron chi connectivity index (χ0n) is 15.4. The van der Waals surface area contributed by atoms with Gasteiger partial charge in [-0.2, -0.15) is 0 Å². The Kier molecular flexibility index (Phi) is 6.99. The van der Waals surface area contributed by atoms with E-state index in [0.29, 0.717) is 21.5 Å². The number of halogens is 2. The third-order valence-corrected chi connectivity index (χ3v) is 5.14. The smallest absolute Gasteiger partial charge is 0.264 e. The van der Waals surface area contributed by atoms with Gasteiger partial charge in [0.15, 0.2) is 11.7 Å². The number of benzene rings is 2. The summed E-state index contributed by atoms with van der Waals surface area (Å²) in [5, 5.41) is 7.03. The van der Waals surface area contributed by atoms with Crippen molar-refractivity contribution in [3.8, 4) is 5.75 Å². The number of hydrogen-bond acceptors (Lipinski definition) is 4. The molecule has 1 aliphatic rings. The van der Waals surface area contributed by atoms with Gasteiger partial charge in [-0.3, -0.25) is 10.1 Å². The van der Waals surface area contributed by atoms with Crippen LogP contribution in [0.15, 0.2) is 36.4 Å². The van der Waals surface area contributed by atoms with Crippen LogP contribution in [0.1, 0.15) is 18.4 Å². The van der Waals surface area contributed by atoms with Gasteiger partial charge in [0.25, 0.3) is 5.91 Å². The lowest BCUT2D eigenvalue weighted by Gasteiger charge is -2.20. The van der Waals surface area contributed by atoms with Crippen molar-refractivity contribution in [3.05, 3.63) is 52.0 Å². The van der Waals surface area contributed by atoms with Crippen LogP contribution >= 0.6 is 35.4 Å². The first-order chi connectivity index (χ1) is 13.4. The van der Waals surface area contributed by atoms with Gasteiger partial charge in [-0.1, -0.05) is 23.2 Å². The first-order valence-electron chi connectivity index (χ1n) is 8.96. The number of carbonyl (C=O) groups is 1. The molecular formula is C20H21Cl2N3O2S. The summed E-state index contributed by atoms with van der Waals surface area (Å²) in [6, 6.07) is 10.9. The topological polar surface area (TPSA) is 53.6 Å². The standard InChI is InChI=1S/C20H21Cl2N3O2S/c1-13-10-14(21)4-7-18(13)27-12-19(26)24-20(28)23-15-5-6-17(16(22)11-15)25-8-2-3-9-25/h4-7,10-11H,2-3,8-9,12H2,1H3,(H2,23,24,26,28). The largest absolute Gasteiger partial charge is 0.483 e. The highest BCUT2D eigenvalue weighted by molar-refractivity contribution is 7.80. The lowest BCUT2D eigenvalue weighted by molar-refractivity contribution is -0.121. The Bertz CT molecular complexity index is 886. The molecule has 3 rings (SSSR count). The number of amides is 1. The van der Waals surface area contributed by atoms with Gasteiger partial charge in [0, 0.05) is 23.8 Å². The summed E-state index contributed by atoms with van der Waals surface area (Å²) in [5.74, 6) is 0.245. The first-order valence-corrected chi connectivity index (χ1v) is 10.1. The molecule has 0 radical (unpaired) electrons. The Morgan fingerprint density at radius 2 is 1.93 bits per heavy atom. The minimum Gasteiger partial charge on any atom is -0.483 e. The Morgan fingerprint density at radius 3 is 2.61 bits per heavy atom. The van der Waals surface area contributed by atoms with Crippen LogP contribution in [0.2, 0.25) is 10.0 Å². The second-order valence-corrected chi connectivity index (χ2v) is 7.81. The highest BCUT2D eigenvalue weighted by atomic mass is 35.5. The van der Waals surface area contributed by atoms with E-state index in [1.165, 1.54) is 12.8 Å². The van der Waals surface area contributed by atoms with Crippen molar-refractivity contribution in [1.29, 1.82) is 0 Å². The summed E-state index contributed by atoms with van der Waals surface area (Å²) >= 11 is 17.5. The van der Waals surface area contributed by atoms with Crippen molar-refractivity contribution in [3.63, 3.8) is 0 Å². The SMILES string of the molecule is Cc1cc(Cl)ccc1OCC(=O)NC(=S)Nc1ccc(N2CCCC2)c(Cl)c1. The van der Waals surface area contributed by atoms with E-state index in [4.69, 9.17) is 40.2 Å². The van der Waals surface area contributed by atoms with Crippen LogP contribution in [0, 0.1) is 6.92 Å². The Hall–Kier alpha value is -2.02. The number of anilines is 2. The Morgan fingerprint density at radius 1 is 1.18 bits per heavy atom. The van der Waals surface area contributed by atoms with E-state index in [1.54, 1.807) is 24.3 Å². The fraction of sp³-hybridized carbons (Fsp3) is 0.300. The normalized spacial score (nSPS) is 13.3. The molecule has 1 saturated heterocycles. The van der Waals surface area contributed by atoms with E-state index >= 15 is 0 Å². The molecule has 2 N–H and O–H groups in total. The summed E-state index contributed by atoms with van der Waals surface area (Å²) in [5.41, 5.74) is 2.59. The summed E-state index contributed by atoms with van der Waals surface area (Å²) in [4.78, 5) is 14.3. The highest BCUT2D eigenvalue weighted by Crippen LogP contribution is 2.31. The molecule has 1 aliphatic heterocycles.